The fraction of sp³-hybridized carbons (Fsp3) is 0.333. The van der Waals surface area contributed by atoms with E-state index in [9.17, 15) is 18.0 Å². The van der Waals surface area contributed by atoms with E-state index >= 15 is 0 Å². The number of benzene rings is 2. The Hall–Kier alpha value is -2.71. The number of amides is 2. The molecule has 0 unspecified atom stereocenters. The Morgan fingerprint density at radius 2 is 1.48 bits per heavy atom. The molecule has 7 nitrogen and oxygen atoms in total. The van der Waals surface area contributed by atoms with Gasteiger partial charge in [-0.1, -0.05) is 60.7 Å². The third-order valence-electron chi connectivity index (χ3n) is 4.60. The molecule has 0 aliphatic carbocycles. The predicted octanol–water partition coefficient (Wildman–Crippen LogP) is 1.61. The van der Waals surface area contributed by atoms with Crippen LogP contribution < -0.4 is 5.32 Å². The van der Waals surface area contributed by atoms with Crippen molar-refractivity contribution in [1.82, 2.24) is 14.5 Å². The summed E-state index contributed by atoms with van der Waals surface area (Å²) in [6.45, 7) is 1.86. The number of carbonyl (C=O) groups is 2. The van der Waals surface area contributed by atoms with Gasteiger partial charge in [-0.25, -0.2) is 8.42 Å². The van der Waals surface area contributed by atoms with Crippen LogP contribution in [0.15, 0.2) is 60.7 Å². The minimum absolute atomic E-state index is 0.206. The zero-order chi connectivity index (χ0) is 21.4. The zero-order valence-electron chi connectivity index (χ0n) is 16.9. The molecule has 29 heavy (non-hydrogen) atoms. The summed E-state index contributed by atoms with van der Waals surface area (Å²) in [5.41, 5.74) is 1.80. The third kappa shape index (κ3) is 6.99. The number of hydrogen-bond donors (Lipinski definition) is 1. The molecule has 0 saturated heterocycles. The van der Waals surface area contributed by atoms with Gasteiger partial charge in [0.1, 0.15) is 6.04 Å². The van der Waals surface area contributed by atoms with Gasteiger partial charge in [-0.3, -0.25) is 9.59 Å². The number of nitrogens with zero attached hydrogens (tertiary/aromatic N) is 2. The lowest BCUT2D eigenvalue weighted by atomic mass is 10.1. The Bertz CT molecular complexity index is 917. The van der Waals surface area contributed by atoms with Crippen LogP contribution in [0.2, 0.25) is 0 Å². The first kappa shape index (κ1) is 22.6. The van der Waals surface area contributed by atoms with Crippen molar-refractivity contribution in [3.63, 3.8) is 0 Å². The maximum absolute atomic E-state index is 12.9. The zero-order valence-corrected chi connectivity index (χ0v) is 17.7. The average Bonchev–Trinajstić information content (AvgIpc) is 2.70. The maximum atomic E-state index is 12.9. The lowest BCUT2D eigenvalue weighted by Gasteiger charge is -2.30. The summed E-state index contributed by atoms with van der Waals surface area (Å²) < 4.78 is 24.3. The third-order valence-corrected chi connectivity index (χ3v) is 5.86. The molecule has 0 heterocycles. The summed E-state index contributed by atoms with van der Waals surface area (Å²) in [5, 5.41) is 2.84. The van der Waals surface area contributed by atoms with Crippen LogP contribution in [-0.4, -0.2) is 55.3 Å². The molecule has 156 valence electrons. The van der Waals surface area contributed by atoms with Crippen LogP contribution in [0.3, 0.4) is 0 Å². The van der Waals surface area contributed by atoms with Crippen molar-refractivity contribution < 1.29 is 18.0 Å². The van der Waals surface area contributed by atoms with Gasteiger partial charge >= 0.3 is 0 Å². The van der Waals surface area contributed by atoms with Gasteiger partial charge in [-0.15, -0.1) is 0 Å². The van der Waals surface area contributed by atoms with Crippen LogP contribution in [0.4, 0.5) is 0 Å². The van der Waals surface area contributed by atoms with Crippen molar-refractivity contribution in [1.29, 1.82) is 0 Å². The summed E-state index contributed by atoms with van der Waals surface area (Å²) in [6.07, 6.45) is 1.04. The molecule has 8 heteroatoms. The van der Waals surface area contributed by atoms with Gasteiger partial charge in [0.15, 0.2) is 0 Å². The molecule has 2 amide bonds. The Kier molecular flexibility index (Phi) is 7.92. The maximum Gasteiger partial charge on any atom is 0.242 e. The smallest absolute Gasteiger partial charge is 0.242 e. The molecule has 2 aromatic carbocycles. The molecule has 0 aliphatic heterocycles. The standard InChI is InChI=1S/C21H27N3O4S/c1-17(21(26)22-14-18-10-6-4-7-11-18)24(15-19-12-8-5-9-13-19)20(25)16-23(2)29(3,27)28/h4-13,17H,14-16H2,1-3H3,(H,22,26)/t17-/m0/s1. The lowest BCUT2D eigenvalue weighted by Crippen LogP contribution is -2.50. The lowest BCUT2D eigenvalue weighted by molar-refractivity contribution is -0.140. The molecule has 0 aromatic heterocycles. The first-order chi connectivity index (χ1) is 13.7. The van der Waals surface area contributed by atoms with E-state index < -0.39 is 22.0 Å². The minimum Gasteiger partial charge on any atom is -0.350 e. The summed E-state index contributed by atoms with van der Waals surface area (Å²) in [4.78, 5) is 27.0. The molecule has 0 spiro atoms. The van der Waals surface area contributed by atoms with Crippen molar-refractivity contribution in [3.05, 3.63) is 71.8 Å². The summed E-state index contributed by atoms with van der Waals surface area (Å²) in [7, 11) is -2.17. The molecule has 0 radical (unpaired) electrons. The van der Waals surface area contributed by atoms with Gasteiger partial charge in [0.2, 0.25) is 21.8 Å². The normalized spacial score (nSPS) is 12.4. The van der Waals surface area contributed by atoms with E-state index in [4.69, 9.17) is 0 Å². The Morgan fingerprint density at radius 1 is 0.966 bits per heavy atom. The van der Waals surface area contributed by atoms with E-state index in [1.807, 2.05) is 60.7 Å². The van der Waals surface area contributed by atoms with E-state index in [-0.39, 0.29) is 19.0 Å². The average molecular weight is 418 g/mol. The highest BCUT2D eigenvalue weighted by Gasteiger charge is 2.28. The molecule has 2 aromatic rings. The number of hydrogen-bond acceptors (Lipinski definition) is 4. The topological polar surface area (TPSA) is 86.8 Å². The van der Waals surface area contributed by atoms with E-state index in [1.165, 1.54) is 11.9 Å². The Labute approximate surface area is 172 Å². The quantitative estimate of drug-likeness (QED) is 0.672. The number of rotatable bonds is 9. The summed E-state index contributed by atoms with van der Waals surface area (Å²) >= 11 is 0. The van der Waals surface area contributed by atoms with Gasteiger partial charge in [-0.2, -0.15) is 4.31 Å². The molecule has 2 rings (SSSR count). The fourth-order valence-corrected chi connectivity index (χ4v) is 3.04. The van der Waals surface area contributed by atoms with Crippen LogP contribution >= 0.6 is 0 Å². The number of likely N-dealkylation sites (N-methyl/N-ethyl adjacent to an activating group) is 1. The fourth-order valence-electron chi connectivity index (χ4n) is 2.69. The summed E-state index contributed by atoms with van der Waals surface area (Å²) in [5.74, 6) is -0.746. The molecule has 0 fully saturated rings. The summed E-state index contributed by atoms with van der Waals surface area (Å²) in [6, 6.07) is 18.0. The van der Waals surface area contributed by atoms with Crippen LogP contribution in [0.1, 0.15) is 18.1 Å². The van der Waals surface area contributed by atoms with Gasteiger partial charge in [0.25, 0.3) is 0 Å². The first-order valence-corrected chi connectivity index (χ1v) is 11.1. The van der Waals surface area contributed by atoms with Gasteiger partial charge in [-0.05, 0) is 18.1 Å². The van der Waals surface area contributed by atoms with Crippen molar-refractivity contribution in [2.75, 3.05) is 19.8 Å². The largest absolute Gasteiger partial charge is 0.350 e. The first-order valence-electron chi connectivity index (χ1n) is 9.25. The Balaban J connectivity index is 2.13. The van der Waals surface area contributed by atoms with E-state index in [1.54, 1.807) is 6.92 Å². The molecular weight excluding hydrogens is 390 g/mol. The predicted molar refractivity (Wildman–Crippen MR) is 112 cm³/mol. The highest BCUT2D eigenvalue weighted by atomic mass is 32.2. The highest BCUT2D eigenvalue weighted by Crippen LogP contribution is 2.11. The van der Waals surface area contributed by atoms with Crippen molar-refractivity contribution in [3.8, 4) is 0 Å². The minimum atomic E-state index is -3.51. The Morgan fingerprint density at radius 3 is 2.00 bits per heavy atom. The van der Waals surface area contributed by atoms with Gasteiger partial charge in [0.05, 0.1) is 12.8 Å². The van der Waals surface area contributed by atoms with Crippen LogP contribution in [0.25, 0.3) is 0 Å². The van der Waals surface area contributed by atoms with Crippen LogP contribution in [0.5, 0.6) is 0 Å². The van der Waals surface area contributed by atoms with E-state index in [2.05, 4.69) is 5.32 Å². The second kappa shape index (κ2) is 10.2. The van der Waals surface area contributed by atoms with Crippen molar-refractivity contribution >= 4 is 21.8 Å². The van der Waals surface area contributed by atoms with Crippen LogP contribution in [0, 0.1) is 0 Å². The van der Waals surface area contributed by atoms with E-state index in [0.717, 1.165) is 21.7 Å². The molecule has 0 bridgehead atoms. The van der Waals surface area contributed by atoms with Crippen molar-refractivity contribution in [2.45, 2.75) is 26.1 Å². The molecule has 0 aliphatic rings. The number of sulfonamides is 1. The van der Waals surface area contributed by atoms with Crippen LogP contribution in [-0.2, 0) is 32.7 Å². The van der Waals surface area contributed by atoms with Gasteiger partial charge in [0, 0.05) is 20.1 Å². The van der Waals surface area contributed by atoms with Crippen molar-refractivity contribution in [2.24, 2.45) is 0 Å². The second-order valence-corrected chi connectivity index (χ2v) is 9.00. The molecule has 1 N–H and O–H groups in total. The van der Waals surface area contributed by atoms with E-state index in [0.29, 0.717) is 6.54 Å². The monoisotopic (exact) mass is 417 g/mol. The number of carbonyl (C=O) groups excluding carboxylic acids is 2. The molecule has 0 saturated carbocycles. The molecule has 1 atom stereocenters. The second-order valence-electron chi connectivity index (χ2n) is 6.91. The molecular formula is C21H27N3O4S. The van der Waals surface area contributed by atoms with Gasteiger partial charge < -0.3 is 10.2 Å². The number of nitrogens with one attached hydrogen (secondary N) is 1. The SMILES string of the molecule is C[C@@H](C(=O)NCc1ccccc1)N(Cc1ccccc1)C(=O)CN(C)S(C)(=O)=O. The highest BCUT2D eigenvalue weighted by molar-refractivity contribution is 7.88.